The second kappa shape index (κ2) is 5.52. The number of rotatable bonds is 4. The number of nitrogens with zero attached hydrogens (tertiary/aromatic N) is 2. The number of benzene rings is 1. The lowest BCUT2D eigenvalue weighted by Crippen LogP contribution is -2.20. The van der Waals surface area contributed by atoms with E-state index in [2.05, 4.69) is 41.9 Å². The molecule has 0 fully saturated rings. The Morgan fingerprint density at radius 3 is 2.63 bits per heavy atom. The molecule has 19 heavy (non-hydrogen) atoms. The summed E-state index contributed by atoms with van der Waals surface area (Å²) < 4.78 is 0. The van der Waals surface area contributed by atoms with Crippen LogP contribution in [-0.4, -0.2) is 17.4 Å². The molecule has 1 heterocycles. The van der Waals surface area contributed by atoms with Crippen LogP contribution < -0.4 is 10.6 Å². The summed E-state index contributed by atoms with van der Waals surface area (Å²) in [6.45, 7) is 4.94. The minimum atomic E-state index is -0.0119. The number of pyridine rings is 1. The third kappa shape index (κ3) is 2.91. The molecule has 0 aliphatic rings. The van der Waals surface area contributed by atoms with Crippen molar-refractivity contribution >= 4 is 17.3 Å². The summed E-state index contributed by atoms with van der Waals surface area (Å²) in [4.78, 5) is 6.52. The molecule has 0 unspecified atom stereocenters. The van der Waals surface area contributed by atoms with Crippen LogP contribution in [0.1, 0.15) is 18.2 Å². The first-order valence-corrected chi connectivity index (χ1v) is 6.27. The number of nitrogen functional groups attached to an aromatic ring is 1. The van der Waals surface area contributed by atoms with Crippen molar-refractivity contribution in [3.8, 4) is 0 Å². The zero-order chi connectivity index (χ0) is 13.8. The Morgan fingerprint density at radius 2 is 2.00 bits per heavy atom. The quantitative estimate of drug-likeness (QED) is 0.651. The van der Waals surface area contributed by atoms with Gasteiger partial charge in [-0.1, -0.05) is 18.2 Å². The largest absolute Gasteiger partial charge is 0.382 e. The molecule has 0 saturated carbocycles. The van der Waals surface area contributed by atoms with E-state index in [0.29, 0.717) is 5.69 Å². The zero-order valence-electron chi connectivity index (χ0n) is 11.2. The molecule has 0 aliphatic carbocycles. The highest BCUT2D eigenvalue weighted by molar-refractivity contribution is 5.93. The van der Waals surface area contributed by atoms with Crippen LogP contribution in [0.5, 0.6) is 0 Å². The lowest BCUT2D eigenvalue weighted by atomic mass is 10.2. The van der Waals surface area contributed by atoms with Crippen molar-refractivity contribution in [3.63, 3.8) is 0 Å². The second-order valence-electron chi connectivity index (χ2n) is 4.38. The summed E-state index contributed by atoms with van der Waals surface area (Å²) in [7, 11) is 0. The molecule has 0 saturated heterocycles. The highest BCUT2D eigenvalue weighted by Crippen LogP contribution is 2.24. The molecule has 3 N–H and O–H groups in total. The number of hydrogen-bond donors (Lipinski definition) is 2. The van der Waals surface area contributed by atoms with Crippen molar-refractivity contribution in [3.05, 3.63) is 53.7 Å². The van der Waals surface area contributed by atoms with E-state index < -0.39 is 0 Å². The molecule has 1 aromatic heterocycles. The van der Waals surface area contributed by atoms with E-state index in [1.165, 1.54) is 5.56 Å². The van der Waals surface area contributed by atoms with Gasteiger partial charge in [0.25, 0.3) is 0 Å². The second-order valence-corrected chi connectivity index (χ2v) is 4.38. The molecule has 4 nitrogen and oxygen atoms in total. The van der Waals surface area contributed by atoms with Gasteiger partial charge in [0.2, 0.25) is 0 Å². The van der Waals surface area contributed by atoms with Crippen LogP contribution in [-0.2, 0) is 0 Å². The van der Waals surface area contributed by atoms with E-state index >= 15 is 0 Å². The molecule has 0 amide bonds. The van der Waals surface area contributed by atoms with Gasteiger partial charge in [-0.05, 0) is 43.7 Å². The minimum absolute atomic E-state index is 0.0119. The first-order chi connectivity index (χ1) is 9.11. The highest BCUT2D eigenvalue weighted by atomic mass is 15.2. The van der Waals surface area contributed by atoms with E-state index in [0.717, 1.165) is 18.1 Å². The van der Waals surface area contributed by atoms with E-state index in [-0.39, 0.29) is 5.84 Å². The smallest absolute Gasteiger partial charge is 0.141 e. The van der Waals surface area contributed by atoms with E-state index in [4.69, 9.17) is 11.1 Å². The Morgan fingerprint density at radius 1 is 1.26 bits per heavy atom. The van der Waals surface area contributed by atoms with Crippen LogP contribution in [0.4, 0.5) is 11.5 Å². The van der Waals surface area contributed by atoms with Gasteiger partial charge in [-0.3, -0.25) is 5.41 Å². The SMILES string of the molecule is CCN(c1cccc(C)c1)c1cccc(C(=N)N)n1. The maximum absolute atomic E-state index is 7.47. The molecule has 2 rings (SSSR count). The highest BCUT2D eigenvalue weighted by Gasteiger charge is 2.10. The summed E-state index contributed by atoms with van der Waals surface area (Å²) in [5.74, 6) is 0.794. The molecule has 2 aromatic rings. The van der Waals surface area contributed by atoms with Crippen molar-refractivity contribution < 1.29 is 0 Å². The van der Waals surface area contributed by atoms with Gasteiger partial charge in [0, 0.05) is 12.2 Å². The van der Waals surface area contributed by atoms with Crippen molar-refractivity contribution in [1.29, 1.82) is 5.41 Å². The number of hydrogen-bond acceptors (Lipinski definition) is 3. The van der Waals surface area contributed by atoms with Crippen LogP contribution in [0.25, 0.3) is 0 Å². The average molecular weight is 254 g/mol. The van der Waals surface area contributed by atoms with Gasteiger partial charge >= 0.3 is 0 Å². The van der Waals surface area contributed by atoms with Crippen LogP contribution in [0.2, 0.25) is 0 Å². The van der Waals surface area contributed by atoms with Crippen LogP contribution in [0.3, 0.4) is 0 Å². The Balaban J connectivity index is 2.42. The third-order valence-electron chi connectivity index (χ3n) is 2.92. The van der Waals surface area contributed by atoms with Crippen LogP contribution in [0, 0.1) is 12.3 Å². The van der Waals surface area contributed by atoms with Gasteiger partial charge in [0.15, 0.2) is 0 Å². The van der Waals surface area contributed by atoms with Crippen molar-refractivity contribution in [2.24, 2.45) is 5.73 Å². The van der Waals surface area contributed by atoms with Crippen molar-refractivity contribution in [2.45, 2.75) is 13.8 Å². The van der Waals surface area contributed by atoms with Gasteiger partial charge in [0.1, 0.15) is 17.3 Å². The zero-order valence-corrected chi connectivity index (χ0v) is 11.2. The number of amidine groups is 1. The Bertz CT molecular complexity index is 592. The summed E-state index contributed by atoms with van der Waals surface area (Å²) >= 11 is 0. The maximum atomic E-state index is 7.47. The summed E-state index contributed by atoms with van der Waals surface area (Å²) in [6, 6.07) is 13.8. The van der Waals surface area contributed by atoms with Crippen LogP contribution in [0.15, 0.2) is 42.5 Å². The normalized spacial score (nSPS) is 10.2. The lowest BCUT2D eigenvalue weighted by molar-refractivity contribution is 0.985. The van der Waals surface area contributed by atoms with Gasteiger partial charge in [-0.2, -0.15) is 0 Å². The van der Waals surface area contributed by atoms with Gasteiger partial charge in [0.05, 0.1) is 0 Å². The predicted octanol–water partition coefficient (Wildman–Crippen LogP) is 2.83. The van der Waals surface area contributed by atoms with Crippen LogP contribution >= 0.6 is 0 Å². The van der Waals surface area contributed by atoms with Gasteiger partial charge in [-0.25, -0.2) is 4.98 Å². The molecule has 1 aromatic carbocycles. The number of nitrogens with one attached hydrogen (secondary N) is 1. The van der Waals surface area contributed by atoms with Crippen molar-refractivity contribution in [2.75, 3.05) is 11.4 Å². The minimum Gasteiger partial charge on any atom is -0.382 e. The fourth-order valence-corrected chi connectivity index (χ4v) is 2.00. The average Bonchev–Trinajstić information content (AvgIpc) is 2.40. The van der Waals surface area contributed by atoms with E-state index in [1.54, 1.807) is 6.07 Å². The Labute approximate surface area is 113 Å². The molecular formula is C15H18N4. The molecular weight excluding hydrogens is 236 g/mol. The Hall–Kier alpha value is -2.36. The maximum Gasteiger partial charge on any atom is 0.141 e. The van der Waals surface area contributed by atoms with Gasteiger partial charge < -0.3 is 10.6 Å². The fourth-order valence-electron chi connectivity index (χ4n) is 2.00. The first kappa shape index (κ1) is 13.1. The summed E-state index contributed by atoms with van der Waals surface area (Å²) in [5.41, 5.74) is 8.29. The summed E-state index contributed by atoms with van der Waals surface area (Å²) in [6.07, 6.45) is 0. The molecule has 0 spiro atoms. The lowest BCUT2D eigenvalue weighted by Gasteiger charge is -2.22. The molecule has 0 aliphatic heterocycles. The number of nitrogens with two attached hydrogens (primary N) is 1. The standard InChI is InChI=1S/C15H18N4/c1-3-19(12-7-4-6-11(2)10-12)14-9-5-8-13(18-14)15(16)17/h4-10H,3H2,1-2H3,(H3,16,17). The molecule has 0 atom stereocenters. The summed E-state index contributed by atoms with van der Waals surface area (Å²) in [5, 5.41) is 7.47. The molecule has 0 bridgehead atoms. The fraction of sp³-hybridized carbons (Fsp3) is 0.200. The third-order valence-corrected chi connectivity index (χ3v) is 2.92. The molecule has 98 valence electrons. The first-order valence-electron chi connectivity index (χ1n) is 6.27. The molecule has 4 heteroatoms. The predicted molar refractivity (Wildman–Crippen MR) is 79.1 cm³/mol. The number of anilines is 2. The van der Waals surface area contributed by atoms with Crippen molar-refractivity contribution in [1.82, 2.24) is 4.98 Å². The van der Waals surface area contributed by atoms with E-state index in [1.807, 2.05) is 18.2 Å². The topological polar surface area (TPSA) is 66.0 Å². The number of aromatic nitrogens is 1. The van der Waals surface area contributed by atoms with Gasteiger partial charge in [-0.15, -0.1) is 0 Å². The monoisotopic (exact) mass is 254 g/mol. The Kier molecular flexibility index (Phi) is 3.80. The van der Waals surface area contributed by atoms with E-state index in [9.17, 15) is 0 Å². The molecule has 0 radical (unpaired) electrons. The number of aryl methyl sites for hydroxylation is 1.